The van der Waals surface area contributed by atoms with E-state index in [2.05, 4.69) is 10.1 Å². The molecule has 0 saturated heterocycles. The van der Waals surface area contributed by atoms with Gasteiger partial charge in [-0.15, -0.1) is 0 Å². The molecule has 4 nitrogen and oxygen atoms in total. The van der Waals surface area contributed by atoms with E-state index in [0.29, 0.717) is 5.65 Å². The zero-order chi connectivity index (χ0) is 15.0. The van der Waals surface area contributed by atoms with Gasteiger partial charge in [-0.25, -0.2) is 9.50 Å². The van der Waals surface area contributed by atoms with Crippen LogP contribution in [-0.4, -0.2) is 19.7 Å². The number of benzene rings is 1. The van der Waals surface area contributed by atoms with Gasteiger partial charge in [0.15, 0.2) is 11.5 Å². The number of rotatable bonds is 2. The lowest BCUT2D eigenvalue weighted by Gasteiger charge is -2.11. The average molecular weight is 293 g/mol. The molecule has 108 valence electrons. The largest absolute Gasteiger partial charge is 0.506 e. The number of hydrogen-bond donors (Lipinski definition) is 1. The van der Waals surface area contributed by atoms with Crippen LogP contribution in [0.3, 0.4) is 0 Å². The van der Waals surface area contributed by atoms with E-state index in [-0.39, 0.29) is 23.6 Å². The normalized spacial score (nSPS) is 12.0. The molecule has 0 aliphatic rings. The van der Waals surface area contributed by atoms with Crippen molar-refractivity contribution in [2.75, 3.05) is 0 Å². The second-order valence-corrected chi connectivity index (χ2v) is 4.55. The molecule has 0 spiro atoms. The van der Waals surface area contributed by atoms with Crippen LogP contribution < -0.4 is 0 Å². The minimum atomic E-state index is -4.41. The first-order valence-corrected chi connectivity index (χ1v) is 6.13. The Labute approximate surface area is 117 Å². The van der Waals surface area contributed by atoms with Gasteiger partial charge in [0, 0.05) is 6.42 Å². The van der Waals surface area contributed by atoms with Crippen LogP contribution in [0.1, 0.15) is 17.0 Å². The molecule has 1 N–H and O–H groups in total. The van der Waals surface area contributed by atoms with Crippen LogP contribution in [0.4, 0.5) is 13.2 Å². The standard InChI is InChI=1S/C14H10F3N3O/c15-14(16,17)11-4-2-1-3-9(11)7-12-18-13-6-5-10(21)8-20(13)19-12/h1-6,8,21H,7H2. The average Bonchev–Trinajstić information content (AvgIpc) is 2.79. The predicted molar refractivity (Wildman–Crippen MR) is 68.9 cm³/mol. The van der Waals surface area contributed by atoms with Crippen molar-refractivity contribution in [3.05, 3.63) is 59.5 Å². The maximum Gasteiger partial charge on any atom is 0.416 e. The van der Waals surface area contributed by atoms with Crippen LogP contribution in [0.15, 0.2) is 42.6 Å². The molecule has 3 aromatic rings. The fourth-order valence-electron chi connectivity index (χ4n) is 2.11. The first-order valence-electron chi connectivity index (χ1n) is 6.13. The number of pyridine rings is 1. The molecular formula is C14H10F3N3O. The molecule has 1 aromatic carbocycles. The SMILES string of the molecule is Oc1ccc2nc(Cc3ccccc3C(F)(F)F)nn2c1. The molecule has 0 fully saturated rings. The first kappa shape index (κ1) is 13.4. The Balaban J connectivity index is 1.99. The van der Waals surface area contributed by atoms with E-state index in [1.807, 2.05) is 0 Å². The summed E-state index contributed by atoms with van der Waals surface area (Å²) >= 11 is 0. The molecule has 0 unspecified atom stereocenters. The van der Waals surface area contributed by atoms with Gasteiger partial charge < -0.3 is 5.11 Å². The summed E-state index contributed by atoms with van der Waals surface area (Å²) in [6.07, 6.45) is -3.09. The van der Waals surface area contributed by atoms with Crippen molar-refractivity contribution in [2.45, 2.75) is 12.6 Å². The van der Waals surface area contributed by atoms with Crippen LogP contribution in [0, 0.1) is 0 Å². The minimum Gasteiger partial charge on any atom is -0.506 e. The molecule has 21 heavy (non-hydrogen) atoms. The van der Waals surface area contributed by atoms with Gasteiger partial charge in [-0.05, 0) is 23.8 Å². The summed E-state index contributed by atoms with van der Waals surface area (Å²) in [6, 6.07) is 8.33. The van der Waals surface area contributed by atoms with E-state index >= 15 is 0 Å². The monoisotopic (exact) mass is 293 g/mol. The van der Waals surface area contributed by atoms with Gasteiger partial charge in [0.2, 0.25) is 0 Å². The van der Waals surface area contributed by atoms with Crippen molar-refractivity contribution in [3.63, 3.8) is 0 Å². The maximum atomic E-state index is 12.9. The lowest BCUT2D eigenvalue weighted by Crippen LogP contribution is -2.09. The van der Waals surface area contributed by atoms with Gasteiger partial charge in [0.05, 0.1) is 11.8 Å². The quantitative estimate of drug-likeness (QED) is 0.790. The van der Waals surface area contributed by atoms with Crippen molar-refractivity contribution in [1.29, 1.82) is 0 Å². The molecule has 0 aliphatic heterocycles. The number of nitrogens with zero attached hydrogens (tertiary/aromatic N) is 3. The molecule has 0 amide bonds. The summed E-state index contributed by atoms with van der Waals surface area (Å²) in [5.41, 5.74) is -0.107. The van der Waals surface area contributed by atoms with Crippen LogP contribution in [0.5, 0.6) is 5.75 Å². The maximum absolute atomic E-state index is 12.9. The van der Waals surface area contributed by atoms with Crippen LogP contribution in [0.25, 0.3) is 5.65 Å². The highest BCUT2D eigenvalue weighted by atomic mass is 19.4. The minimum absolute atomic E-state index is 0.00893. The molecule has 2 aromatic heterocycles. The predicted octanol–water partition coefficient (Wildman–Crippen LogP) is 3.04. The van der Waals surface area contributed by atoms with Gasteiger partial charge in [-0.3, -0.25) is 0 Å². The van der Waals surface area contributed by atoms with Gasteiger partial charge in [-0.1, -0.05) is 18.2 Å². The van der Waals surface area contributed by atoms with Gasteiger partial charge >= 0.3 is 6.18 Å². The Morgan fingerprint density at radius 2 is 1.86 bits per heavy atom. The third kappa shape index (κ3) is 2.67. The van der Waals surface area contributed by atoms with Crippen molar-refractivity contribution >= 4 is 5.65 Å². The molecule has 0 radical (unpaired) electrons. The Morgan fingerprint density at radius 1 is 1.10 bits per heavy atom. The molecule has 7 heteroatoms. The molecule has 0 aliphatic carbocycles. The zero-order valence-corrected chi connectivity index (χ0v) is 10.7. The molecule has 3 rings (SSSR count). The van der Waals surface area contributed by atoms with Crippen molar-refractivity contribution in [2.24, 2.45) is 0 Å². The molecule has 0 atom stereocenters. The highest BCUT2D eigenvalue weighted by Gasteiger charge is 2.33. The van der Waals surface area contributed by atoms with E-state index in [0.717, 1.165) is 6.07 Å². The van der Waals surface area contributed by atoms with Crippen molar-refractivity contribution in [3.8, 4) is 5.75 Å². The Morgan fingerprint density at radius 3 is 2.62 bits per heavy atom. The lowest BCUT2D eigenvalue weighted by molar-refractivity contribution is -0.138. The van der Waals surface area contributed by atoms with E-state index < -0.39 is 11.7 Å². The van der Waals surface area contributed by atoms with E-state index in [9.17, 15) is 18.3 Å². The lowest BCUT2D eigenvalue weighted by atomic mass is 10.0. The van der Waals surface area contributed by atoms with E-state index in [1.54, 1.807) is 12.1 Å². The number of aromatic nitrogens is 3. The number of halogens is 3. The Hall–Kier alpha value is -2.57. The van der Waals surface area contributed by atoms with E-state index in [1.165, 1.54) is 28.9 Å². The summed E-state index contributed by atoms with van der Waals surface area (Å²) in [4.78, 5) is 4.15. The summed E-state index contributed by atoms with van der Waals surface area (Å²) in [6.45, 7) is 0. The third-order valence-corrected chi connectivity index (χ3v) is 3.03. The number of hydrogen-bond acceptors (Lipinski definition) is 3. The fraction of sp³-hybridized carbons (Fsp3) is 0.143. The Kier molecular flexibility index (Phi) is 3.04. The topological polar surface area (TPSA) is 50.4 Å². The van der Waals surface area contributed by atoms with E-state index in [4.69, 9.17) is 0 Å². The summed E-state index contributed by atoms with van der Waals surface area (Å²) in [5.74, 6) is 0.270. The zero-order valence-electron chi connectivity index (χ0n) is 10.7. The summed E-state index contributed by atoms with van der Waals surface area (Å²) < 4.78 is 40.1. The third-order valence-electron chi connectivity index (χ3n) is 3.03. The van der Waals surface area contributed by atoms with Gasteiger partial charge in [-0.2, -0.15) is 18.3 Å². The molecule has 2 heterocycles. The molecular weight excluding hydrogens is 283 g/mol. The number of aromatic hydroxyl groups is 1. The number of fused-ring (bicyclic) bond motifs is 1. The second-order valence-electron chi connectivity index (χ2n) is 4.55. The van der Waals surface area contributed by atoms with Crippen LogP contribution >= 0.6 is 0 Å². The highest BCUT2D eigenvalue weighted by molar-refractivity contribution is 5.41. The summed E-state index contributed by atoms with van der Waals surface area (Å²) in [5, 5.41) is 13.4. The smallest absolute Gasteiger partial charge is 0.416 e. The van der Waals surface area contributed by atoms with Gasteiger partial charge in [0.25, 0.3) is 0 Å². The molecule has 0 bridgehead atoms. The summed E-state index contributed by atoms with van der Waals surface area (Å²) in [7, 11) is 0. The Bertz CT molecular complexity index is 796. The van der Waals surface area contributed by atoms with Crippen molar-refractivity contribution in [1.82, 2.24) is 14.6 Å². The number of alkyl halides is 3. The first-order chi connectivity index (χ1) is 9.93. The highest BCUT2D eigenvalue weighted by Crippen LogP contribution is 2.32. The fourth-order valence-corrected chi connectivity index (χ4v) is 2.11. The van der Waals surface area contributed by atoms with Crippen molar-refractivity contribution < 1.29 is 18.3 Å². The van der Waals surface area contributed by atoms with Crippen LogP contribution in [-0.2, 0) is 12.6 Å². The molecule has 0 saturated carbocycles. The second kappa shape index (κ2) is 4.76. The van der Waals surface area contributed by atoms with Gasteiger partial charge in [0.1, 0.15) is 5.75 Å². The van der Waals surface area contributed by atoms with Crippen LogP contribution in [0.2, 0.25) is 0 Å².